The van der Waals surface area contributed by atoms with Crippen molar-refractivity contribution in [3.05, 3.63) is 35.4 Å². The van der Waals surface area contributed by atoms with Gasteiger partial charge in [0.1, 0.15) is 0 Å². The minimum absolute atomic E-state index is 0.0560. The summed E-state index contributed by atoms with van der Waals surface area (Å²) in [6.45, 7) is 5.22. The molecule has 0 bridgehead atoms. The molecule has 1 aromatic rings. The Labute approximate surface area is 115 Å². The fourth-order valence-electron chi connectivity index (χ4n) is 2.36. The molecule has 19 heavy (non-hydrogen) atoms. The molecule has 0 aliphatic carbocycles. The molecule has 1 aliphatic rings. The Balaban J connectivity index is 1.95. The standard InChI is InChI=1S/C15H22N2O2/c1-12-5-4-6-13(9-12)15(18)17(3)11-14-10-16(2)7-8-19-14/h4-6,9,14H,7-8,10-11H2,1-3H3. The van der Waals surface area contributed by atoms with Crippen LogP contribution in [0.2, 0.25) is 0 Å². The van der Waals surface area contributed by atoms with Crippen molar-refractivity contribution in [3.63, 3.8) is 0 Å². The van der Waals surface area contributed by atoms with E-state index in [-0.39, 0.29) is 12.0 Å². The van der Waals surface area contributed by atoms with E-state index >= 15 is 0 Å². The molecule has 0 spiro atoms. The van der Waals surface area contributed by atoms with Gasteiger partial charge in [0.15, 0.2) is 0 Å². The summed E-state index contributed by atoms with van der Waals surface area (Å²) < 4.78 is 5.69. The van der Waals surface area contributed by atoms with Gasteiger partial charge < -0.3 is 14.5 Å². The van der Waals surface area contributed by atoms with Crippen LogP contribution in [0.3, 0.4) is 0 Å². The average Bonchev–Trinajstić information content (AvgIpc) is 2.38. The molecular weight excluding hydrogens is 240 g/mol. The van der Waals surface area contributed by atoms with Gasteiger partial charge in [0.25, 0.3) is 5.91 Å². The number of hydrogen-bond donors (Lipinski definition) is 0. The second-order valence-electron chi connectivity index (χ2n) is 5.31. The van der Waals surface area contributed by atoms with Crippen LogP contribution in [0.1, 0.15) is 15.9 Å². The number of likely N-dealkylation sites (N-methyl/N-ethyl adjacent to an activating group) is 2. The summed E-state index contributed by atoms with van der Waals surface area (Å²) in [5.74, 6) is 0.0560. The minimum Gasteiger partial charge on any atom is -0.374 e. The number of amides is 1. The van der Waals surface area contributed by atoms with Crippen LogP contribution in [0.25, 0.3) is 0 Å². The molecule has 0 N–H and O–H groups in total. The van der Waals surface area contributed by atoms with Crippen LogP contribution in [-0.4, -0.2) is 62.1 Å². The highest BCUT2D eigenvalue weighted by Crippen LogP contribution is 2.09. The Morgan fingerprint density at radius 2 is 2.32 bits per heavy atom. The third kappa shape index (κ3) is 3.78. The first-order valence-corrected chi connectivity index (χ1v) is 6.68. The molecule has 2 rings (SSSR count). The van der Waals surface area contributed by atoms with Crippen molar-refractivity contribution >= 4 is 5.91 Å². The zero-order valence-electron chi connectivity index (χ0n) is 11.9. The van der Waals surface area contributed by atoms with Gasteiger partial charge in [-0.3, -0.25) is 4.79 Å². The molecule has 0 radical (unpaired) electrons. The number of aryl methyl sites for hydroxylation is 1. The number of morpholine rings is 1. The molecule has 1 aliphatic heterocycles. The summed E-state index contributed by atoms with van der Waals surface area (Å²) in [5.41, 5.74) is 1.85. The maximum absolute atomic E-state index is 12.3. The fraction of sp³-hybridized carbons (Fsp3) is 0.533. The van der Waals surface area contributed by atoms with Crippen molar-refractivity contribution < 1.29 is 9.53 Å². The summed E-state index contributed by atoms with van der Waals surface area (Å²) in [5, 5.41) is 0. The lowest BCUT2D eigenvalue weighted by Gasteiger charge is -2.32. The van der Waals surface area contributed by atoms with E-state index in [0.717, 1.165) is 30.8 Å². The van der Waals surface area contributed by atoms with Gasteiger partial charge >= 0.3 is 0 Å². The Morgan fingerprint density at radius 1 is 1.53 bits per heavy atom. The third-order valence-electron chi connectivity index (χ3n) is 3.43. The summed E-state index contributed by atoms with van der Waals surface area (Å²) in [6.07, 6.45) is 0.109. The summed E-state index contributed by atoms with van der Waals surface area (Å²) in [4.78, 5) is 16.3. The molecule has 104 valence electrons. The van der Waals surface area contributed by atoms with Gasteiger partial charge in [-0.05, 0) is 26.1 Å². The van der Waals surface area contributed by atoms with Crippen molar-refractivity contribution in [2.45, 2.75) is 13.0 Å². The van der Waals surface area contributed by atoms with Crippen LogP contribution in [0.5, 0.6) is 0 Å². The van der Waals surface area contributed by atoms with E-state index in [1.165, 1.54) is 0 Å². The molecule has 1 fully saturated rings. The second-order valence-corrected chi connectivity index (χ2v) is 5.31. The van der Waals surface area contributed by atoms with Crippen molar-refractivity contribution in [1.82, 2.24) is 9.80 Å². The van der Waals surface area contributed by atoms with E-state index in [2.05, 4.69) is 11.9 Å². The van der Waals surface area contributed by atoms with E-state index in [1.54, 1.807) is 4.90 Å². The number of rotatable bonds is 3. The largest absolute Gasteiger partial charge is 0.374 e. The van der Waals surface area contributed by atoms with Gasteiger partial charge in [0, 0.05) is 32.2 Å². The second kappa shape index (κ2) is 6.17. The number of hydrogen-bond acceptors (Lipinski definition) is 3. The van der Waals surface area contributed by atoms with Gasteiger partial charge in [-0.2, -0.15) is 0 Å². The van der Waals surface area contributed by atoms with Crippen molar-refractivity contribution in [2.75, 3.05) is 40.3 Å². The van der Waals surface area contributed by atoms with Crippen LogP contribution < -0.4 is 0 Å². The van der Waals surface area contributed by atoms with Crippen molar-refractivity contribution in [1.29, 1.82) is 0 Å². The monoisotopic (exact) mass is 262 g/mol. The van der Waals surface area contributed by atoms with Gasteiger partial charge in [-0.25, -0.2) is 0 Å². The smallest absolute Gasteiger partial charge is 0.253 e. The first-order chi connectivity index (χ1) is 9.06. The molecule has 0 aromatic heterocycles. The first kappa shape index (κ1) is 14.0. The Morgan fingerprint density at radius 3 is 3.00 bits per heavy atom. The van der Waals surface area contributed by atoms with Crippen LogP contribution in [0.15, 0.2) is 24.3 Å². The van der Waals surface area contributed by atoms with Crippen molar-refractivity contribution in [2.24, 2.45) is 0 Å². The molecule has 1 saturated heterocycles. The summed E-state index contributed by atoms with van der Waals surface area (Å²) in [7, 11) is 3.92. The molecular formula is C15H22N2O2. The predicted molar refractivity (Wildman–Crippen MR) is 75.4 cm³/mol. The number of benzene rings is 1. The van der Waals surface area contributed by atoms with Gasteiger partial charge in [-0.15, -0.1) is 0 Å². The number of nitrogens with zero attached hydrogens (tertiary/aromatic N) is 2. The van der Waals surface area contributed by atoms with Crippen LogP contribution in [-0.2, 0) is 4.74 Å². The first-order valence-electron chi connectivity index (χ1n) is 6.68. The number of carbonyl (C=O) groups excluding carboxylic acids is 1. The molecule has 4 nitrogen and oxygen atoms in total. The van der Waals surface area contributed by atoms with E-state index in [1.807, 2.05) is 38.2 Å². The number of ether oxygens (including phenoxy) is 1. The van der Waals surface area contributed by atoms with Crippen molar-refractivity contribution in [3.8, 4) is 0 Å². The highest BCUT2D eigenvalue weighted by molar-refractivity contribution is 5.94. The van der Waals surface area contributed by atoms with Gasteiger partial charge in [0.2, 0.25) is 0 Å². The SMILES string of the molecule is Cc1cccc(C(=O)N(C)CC2CN(C)CCO2)c1. The molecule has 1 aromatic carbocycles. The fourth-order valence-corrected chi connectivity index (χ4v) is 2.36. The lowest BCUT2D eigenvalue weighted by atomic mass is 10.1. The Hall–Kier alpha value is -1.39. The summed E-state index contributed by atoms with van der Waals surface area (Å²) in [6, 6.07) is 7.70. The maximum atomic E-state index is 12.3. The van der Waals surface area contributed by atoms with E-state index in [4.69, 9.17) is 4.74 Å². The molecule has 4 heteroatoms. The Bertz CT molecular complexity index is 448. The summed E-state index contributed by atoms with van der Waals surface area (Å²) >= 11 is 0. The normalized spacial score (nSPS) is 20.3. The number of carbonyl (C=O) groups is 1. The van der Waals surface area contributed by atoms with E-state index in [9.17, 15) is 4.79 Å². The molecule has 0 saturated carbocycles. The van der Waals surface area contributed by atoms with E-state index in [0.29, 0.717) is 6.54 Å². The molecule has 1 heterocycles. The third-order valence-corrected chi connectivity index (χ3v) is 3.43. The van der Waals surface area contributed by atoms with Gasteiger partial charge in [-0.1, -0.05) is 17.7 Å². The zero-order valence-corrected chi connectivity index (χ0v) is 11.9. The lowest BCUT2D eigenvalue weighted by molar-refractivity contribution is -0.0301. The average molecular weight is 262 g/mol. The highest BCUT2D eigenvalue weighted by Gasteiger charge is 2.21. The van der Waals surface area contributed by atoms with Crippen LogP contribution in [0.4, 0.5) is 0 Å². The quantitative estimate of drug-likeness (QED) is 0.825. The van der Waals surface area contributed by atoms with Crippen LogP contribution in [0, 0.1) is 6.92 Å². The Kier molecular flexibility index (Phi) is 4.56. The van der Waals surface area contributed by atoms with E-state index < -0.39 is 0 Å². The maximum Gasteiger partial charge on any atom is 0.253 e. The predicted octanol–water partition coefficient (Wildman–Crippen LogP) is 1.40. The van der Waals surface area contributed by atoms with Gasteiger partial charge in [0.05, 0.1) is 12.7 Å². The topological polar surface area (TPSA) is 32.8 Å². The molecule has 1 unspecified atom stereocenters. The highest BCUT2D eigenvalue weighted by atomic mass is 16.5. The lowest BCUT2D eigenvalue weighted by Crippen LogP contribution is -2.46. The molecule has 1 atom stereocenters. The van der Waals surface area contributed by atoms with Crippen LogP contribution >= 0.6 is 0 Å². The molecule has 1 amide bonds. The minimum atomic E-state index is 0.0560. The zero-order chi connectivity index (χ0) is 13.8.